The second kappa shape index (κ2) is 10.6. The van der Waals surface area contributed by atoms with Crippen LogP contribution in [0.4, 0.5) is 17.3 Å². The summed E-state index contributed by atoms with van der Waals surface area (Å²) in [5.74, 6) is 2.58. The Kier molecular flexibility index (Phi) is 7.65. The molecule has 0 radical (unpaired) electrons. The first-order valence-electron chi connectivity index (χ1n) is 10.0. The number of ether oxygens (including phenoxy) is 1. The largest absolute Gasteiger partial charge is 0.673 e. The molecule has 32 heavy (non-hydrogen) atoms. The molecule has 0 saturated carbocycles. The van der Waals surface area contributed by atoms with Gasteiger partial charge in [-0.05, 0) is 48.9 Å². The number of rotatable bonds is 5. The van der Waals surface area contributed by atoms with Gasteiger partial charge in [-0.15, -0.1) is 0 Å². The summed E-state index contributed by atoms with van der Waals surface area (Å²) in [5, 5.41) is 0. The van der Waals surface area contributed by atoms with Crippen LogP contribution < -0.4 is 4.74 Å². The highest BCUT2D eigenvalue weighted by atomic mass is 19.5. The van der Waals surface area contributed by atoms with E-state index >= 15 is 0 Å². The van der Waals surface area contributed by atoms with E-state index in [2.05, 4.69) is 48.5 Å². The lowest BCUT2D eigenvalue weighted by Crippen LogP contribution is -2.02. The molecule has 7 heteroatoms. The zero-order chi connectivity index (χ0) is 23.0. The molecule has 0 bridgehead atoms. The molecule has 1 aromatic heterocycles. The van der Waals surface area contributed by atoms with Gasteiger partial charge in [-0.3, -0.25) is 0 Å². The average molecular weight is 440 g/mol. The smallest absolute Gasteiger partial charge is 0.494 e. The van der Waals surface area contributed by atoms with Gasteiger partial charge in [-0.2, -0.15) is 0 Å². The molecule has 1 heterocycles. The van der Waals surface area contributed by atoms with Gasteiger partial charge in [0.15, 0.2) is 0 Å². The molecule has 0 spiro atoms. The summed E-state index contributed by atoms with van der Waals surface area (Å²) in [5.41, 5.74) is 4.36. The fourth-order valence-corrected chi connectivity index (χ4v) is 3.07. The van der Waals surface area contributed by atoms with Crippen molar-refractivity contribution in [1.29, 1.82) is 0 Å². The highest BCUT2D eigenvalue weighted by Crippen LogP contribution is 2.33. The van der Waals surface area contributed by atoms with E-state index < -0.39 is 7.25 Å². The van der Waals surface area contributed by atoms with Crippen molar-refractivity contribution in [2.75, 3.05) is 6.61 Å². The van der Waals surface area contributed by atoms with Crippen molar-refractivity contribution < 1.29 is 26.4 Å². The number of hydrogen-bond donors (Lipinski definition) is 0. The Morgan fingerprint density at radius 3 is 1.47 bits per heavy atom. The highest BCUT2D eigenvalue weighted by molar-refractivity contribution is 6.50. The van der Waals surface area contributed by atoms with Crippen molar-refractivity contribution in [3.8, 4) is 39.5 Å². The SMILES string of the molecule is CCOc1ccc(-c2cc(-c3ccccc3)[o+]c(-c3ccccc3)c2)cc1.F[B-](F)(F)F. The van der Waals surface area contributed by atoms with Crippen molar-refractivity contribution in [1.82, 2.24) is 0 Å². The van der Waals surface area contributed by atoms with E-state index in [1.54, 1.807) is 0 Å². The lowest BCUT2D eigenvalue weighted by atomic mass is 10.0. The Morgan fingerprint density at radius 1 is 0.625 bits per heavy atom. The van der Waals surface area contributed by atoms with E-state index in [0.717, 1.165) is 39.5 Å². The lowest BCUT2D eigenvalue weighted by molar-refractivity contribution is 0.340. The number of halogens is 4. The quantitative estimate of drug-likeness (QED) is 0.177. The monoisotopic (exact) mass is 440 g/mol. The molecule has 164 valence electrons. The van der Waals surface area contributed by atoms with E-state index in [1.807, 2.05) is 55.5 Å². The Bertz CT molecular complexity index is 1050. The third kappa shape index (κ3) is 6.98. The van der Waals surface area contributed by atoms with Gasteiger partial charge in [0, 0.05) is 5.56 Å². The lowest BCUT2D eigenvalue weighted by Gasteiger charge is -2.05. The molecule has 0 saturated heterocycles. The second-order valence-electron chi connectivity index (χ2n) is 6.76. The van der Waals surface area contributed by atoms with Gasteiger partial charge in [0.25, 0.3) is 0 Å². The van der Waals surface area contributed by atoms with Crippen LogP contribution in [-0.2, 0) is 0 Å². The second-order valence-corrected chi connectivity index (χ2v) is 6.76. The van der Waals surface area contributed by atoms with Crippen LogP contribution in [0.2, 0.25) is 0 Å². The van der Waals surface area contributed by atoms with Crippen LogP contribution in [-0.4, -0.2) is 13.9 Å². The Labute approximate surface area is 184 Å². The van der Waals surface area contributed by atoms with Crippen LogP contribution >= 0.6 is 0 Å². The summed E-state index contributed by atoms with van der Waals surface area (Å²) < 4.78 is 50.8. The van der Waals surface area contributed by atoms with Gasteiger partial charge in [0.2, 0.25) is 0 Å². The van der Waals surface area contributed by atoms with Crippen molar-refractivity contribution >= 4 is 7.25 Å². The van der Waals surface area contributed by atoms with Crippen molar-refractivity contribution in [2.45, 2.75) is 6.92 Å². The first-order chi connectivity index (χ1) is 15.3. The third-order valence-corrected chi connectivity index (χ3v) is 4.41. The van der Waals surface area contributed by atoms with Crippen molar-refractivity contribution in [2.24, 2.45) is 0 Å². The Balaban J connectivity index is 0.000000523. The predicted molar refractivity (Wildman–Crippen MR) is 121 cm³/mol. The maximum atomic E-state index is 9.75. The summed E-state index contributed by atoms with van der Waals surface area (Å²) in [6.45, 7) is 2.66. The summed E-state index contributed by atoms with van der Waals surface area (Å²) in [6, 6.07) is 32.8. The van der Waals surface area contributed by atoms with Crippen molar-refractivity contribution in [3.63, 3.8) is 0 Å². The van der Waals surface area contributed by atoms with Gasteiger partial charge < -0.3 is 22.0 Å². The van der Waals surface area contributed by atoms with Crippen LogP contribution in [0, 0.1) is 0 Å². The third-order valence-electron chi connectivity index (χ3n) is 4.41. The molecule has 0 aliphatic carbocycles. The zero-order valence-corrected chi connectivity index (χ0v) is 17.4. The molecule has 0 N–H and O–H groups in total. The first kappa shape index (κ1) is 23.1. The predicted octanol–water partition coefficient (Wildman–Crippen LogP) is 8.26. The molecule has 2 nitrogen and oxygen atoms in total. The van der Waals surface area contributed by atoms with Crippen LogP contribution in [0.25, 0.3) is 33.8 Å². The van der Waals surface area contributed by atoms with Gasteiger partial charge >= 0.3 is 18.8 Å². The maximum absolute atomic E-state index is 9.75. The summed E-state index contributed by atoms with van der Waals surface area (Å²) in [6.07, 6.45) is 0. The molecular weight excluding hydrogens is 419 g/mol. The minimum atomic E-state index is -6.00. The molecule has 0 unspecified atom stereocenters. The standard InChI is InChI=1S/C25H21O2.BF4/c1-2-26-23-15-13-19(14-16-23)22-17-24(20-9-5-3-6-10-20)27-25(18-22)21-11-7-4-8-12-21;2-1(3,4)5/h3-18H,2H2,1H3;/q+1;-1. The Hall–Kier alpha value is -3.61. The van der Waals surface area contributed by atoms with Gasteiger partial charge in [-0.1, -0.05) is 48.5 Å². The molecule has 0 atom stereocenters. The maximum Gasteiger partial charge on any atom is 0.673 e. The molecule has 0 aliphatic rings. The van der Waals surface area contributed by atoms with E-state index in [1.165, 1.54) is 0 Å². The topological polar surface area (TPSA) is 20.5 Å². The van der Waals surface area contributed by atoms with E-state index in [4.69, 9.17) is 9.15 Å². The van der Waals surface area contributed by atoms with E-state index in [9.17, 15) is 17.3 Å². The van der Waals surface area contributed by atoms with Crippen LogP contribution in [0.5, 0.6) is 5.75 Å². The summed E-state index contributed by atoms with van der Waals surface area (Å²) in [4.78, 5) is 0. The summed E-state index contributed by atoms with van der Waals surface area (Å²) >= 11 is 0. The fraction of sp³-hybridized carbons (Fsp3) is 0.0800. The van der Waals surface area contributed by atoms with E-state index in [-0.39, 0.29) is 0 Å². The normalized spacial score (nSPS) is 10.8. The molecular formula is C25H21BF4O2. The molecule has 0 amide bonds. The zero-order valence-electron chi connectivity index (χ0n) is 17.4. The van der Waals surface area contributed by atoms with Gasteiger partial charge in [0.1, 0.15) is 5.75 Å². The first-order valence-corrected chi connectivity index (χ1v) is 10.0. The van der Waals surface area contributed by atoms with Crippen LogP contribution in [0.1, 0.15) is 6.92 Å². The number of hydrogen-bond acceptors (Lipinski definition) is 1. The average Bonchev–Trinajstić information content (AvgIpc) is 2.80. The van der Waals surface area contributed by atoms with E-state index in [0.29, 0.717) is 6.61 Å². The fourth-order valence-electron chi connectivity index (χ4n) is 3.07. The molecule has 0 aliphatic heterocycles. The minimum absolute atomic E-state index is 0.667. The summed E-state index contributed by atoms with van der Waals surface area (Å²) in [7, 11) is -6.00. The minimum Gasteiger partial charge on any atom is -0.494 e. The number of benzene rings is 3. The molecule has 3 aromatic carbocycles. The van der Waals surface area contributed by atoms with Crippen LogP contribution in [0.15, 0.2) is 101 Å². The molecule has 4 aromatic rings. The Morgan fingerprint density at radius 2 is 1.06 bits per heavy atom. The van der Waals surface area contributed by atoms with Gasteiger partial charge in [-0.25, -0.2) is 4.42 Å². The van der Waals surface area contributed by atoms with Crippen molar-refractivity contribution in [3.05, 3.63) is 97.1 Å². The highest BCUT2D eigenvalue weighted by Gasteiger charge is 2.21. The molecule has 0 fully saturated rings. The van der Waals surface area contributed by atoms with Crippen LogP contribution in [0.3, 0.4) is 0 Å². The molecule has 4 rings (SSSR count). The van der Waals surface area contributed by atoms with Gasteiger partial charge in [0.05, 0.1) is 29.9 Å².